The lowest BCUT2D eigenvalue weighted by atomic mass is 10.1. The van der Waals surface area contributed by atoms with Gasteiger partial charge in [-0.05, 0) is 30.3 Å². The van der Waals surface area contributed by atoms with Gasteiger partial charge in [0.2, 0.25) is 0 Å². The highest BCUT2D eigenvalue weighted by atomic mass is 35.5. The Bertz CT molecular complexity index is 537. The first kappa shape index (κ1) is 13.4. The van der Waals surface area contributed by atoms with E-state index in [1.807, 2.05) is 36.9 Å². The van der Waals surface area contributed by atoms with E-state index >= 15 is 0 Å². The Morgan fingerprint density at radius 3 is 2.78 bits per heavy atom. The minimum absolute atomic E-state index is 0.0544. The fourth-order valence-electron chi connectivity index (χ4n) is 1.94. The highest BCUT2D eigenvalue weighted by Gasteiger charge is 2.20. The van der Waals surface area contributed by atoms with E-state index in [1.165, 1.54) is 0 Å². The van der Waals surface area contributed by atoms with Crippen LogP contribution in [-0.2, 0) is 7.05 Å². The van der Waals surface area contributed by atoms with Crippen molar-refractivity contribution < 1.29 is 0 Å². The molecule has 1 heterocycles. The molecule has 5 heteroatoms. The van der Waals surface area contributed by atoms with Crippen molar-refractivity contribution in [3.8, 4) is 0 Å². The maximum absolute atomic E-state index is 6.26. The Balaban J connectivity index is 2.48. The average Bonchev–Trinajstić information content (AvgIpc) is 2.76. The number of imidazole rings is 1. The number of aromatic nitrogens is 2. The van der Waals surface area contributed by atoms with E-state index in [4.69, 9.17) is 23.2 Å². The van der Waals surface area contributed by atoms with Crippen molar-refractivity contribution in [2.24, 2.45) is 7.05 Å². The van der Waals surface area contributed by atoms with E-state index in [1.54, 1.807) is 12.3 Å². The lowest BCUT2D eigenvalue weighted by Crippen LogP contribution is -2.25. The van der Waals surface area contributed by atoms with Gasteiger partial charge in [0.15, 0.2) is 0 Å². The summed E-state index contributed by atoms with van der Waals surface area (Å²) in [5.41, 5.74) is 0.945. The van der Waals surface area contributed by atoms with Crippen LogP contribution in [0.4, 0.5) is 0 Å². The van der Waals surface area contributed by atoms with E-state index in [-0.39, 0.29) is 6.04 Å². The highest BCUT2D eigenvalue weighted by molar-refractivity contribution is 6.33. The van der Waals surface area contributed by atoms with Gasteiger partial charge in [0.25, 0.3) is 0 Å². The molecule has 1 N–H and O–H groups in total. The van der Waals surface area contributed by atoms with Crippen LogP contribution in [0.25, 0.3) is 0 Å². The smallest absolute Gasteiger partial charge is 0.130 e. The summed E-state index contributed by atoms with van der Waals surface area (Å²) in [5.74, 6) is 0.918. The molecule has 0 saturated carbocycles. The van der Waals surface area contributed by atoms with Gasteiger partial charge >= 0.3 is 0 Å². The predicted octanol–water partition coefficient (Wildman–Crippen LogP) is 3.43. The highest BCUT2D eigenvalue weighted by Crippen LogP contribution is 2.29. The summed E-state index contributed by atoms with van der Waals surface area (Å²) in [6.45, 7) is 2.87. The molecule has 0 bridgehead atoms. The van der Waals surface area contributed by atoms with Crippen LogP contribution >= 0.6 is 23.2 Å². The van der Waals surface area contributed by atoms with E-state index < -0.39 is 0 Å². The molecule has 1 aromatic heterocycles. The second kappa shape index (κ2) is 5.74. The van der Waals surface area contributed by atoms with Gasteiger partial charge in [-0.15, -0.1) is 0 Å². The van der Waals surface area contributed by atoms with Crippen LogP contribution in [0.15, 0.2) is 30.6 Å². The topological polar surface area (TPSA) is 29.9 Å². The van der Waals surface area contributed by atoms with Crippen molar-refractivity contribution in [1.29, 1.82) is 0 Å². The van der Waals surface area contributed by atoms with E-state index in [9.17, 15) is 0 Å². The first-order valence-electron chi connectivity index (χ1n) is 5.79. The standard InChI is InChI=1S/C13H15Cl2N3/c1-3-16-12(13-17-6-7-18(13)2)10-8-9(14)4-5-11(10)15/h4-8,12,16H,3H2,1-2H3. The molecule has 0 amide bonds. The molecular weight excluding hydrogens is 269 g/mol. The molecular formula is C13H15Cl2N3. The van der Waals surface area contributed by atoms with Gasteiger partial charge in [0.1, 0.15) is 5.82 Å². The fourth-order valence-corrected chi connectivity index (χ4v) is 2.34. The molecule has 2 aromatic rings. The molecule has 0 aliphatic rings. The predicted molar refractivity (Wildman–Crippen MR) is 75.2 cm³/mol. The van der Waals surface area contributed by atoms with Crippen LogP contribution < -0.4 is 5.32 Å². The summed E-state index contributed by atoms with van der Waals surface area (Å²) < 4.78 is 1.98. The third-order valence-corrected chi connectivity index (χ3v) is 3.37. The summed E-state index contributed by atoms with van der Waals surface area (Å²) in [6, 6.07) is 5.42. The van der Waals surface area contributed by atoms with Crippen molar-refractivity contribution in [2.45, 2.75) is 13.0 Å². The van der Waals surface area contributed by atoms with Gasteiger partial charge < -0.3 is 9.88 Å². The van der Waals surface area contributed by atoms with Crippen LogP contribution in [0, 0.1) is 0 Å². The largest absolute Gasteiger partial charge is 0.336 e. The normalized spacial score (nSPS) is 12.7. The molecule has 0 aliphatic heterocycles. The molecule has 18 heavy (non-hydrogen) atoms. The van der Waals surface area contributed by atoms with Gasteiger partial charge in [-0.1, -0.05) is 30.1 Å². The first-order chi connectivity index (χ1) is 8.63. The lowest BCUT2D eigenvalue weighted by molar-refractivity contribution is 0.577. The quantitative estimate of drug-likeness (QED) is 0.932. The molecule has 96 valence electrons. The number of hydrogen-bond donors (Lipinski definition) is 1. The second-order valence-electron chi connectivity index (χ2n) is 4.05. The molecule has 0 aliphatic carbocycles. The third kappa shape index (κ3) is 2.69. The molecule has 0 saturated heterocycles. The van der Waals surface area contributed by atoms with Gasteiger partial charge in [0.05, 0.1) is 6.04 Å². The average molecular weight is 284 g/mol. The summed E-state index contributed by atoms with van der Waals surface area (Å²) >= 11 is 12.3. The van der Waals surface area contributed by atoms with Crippen LogP contribution in [0.1, 0.15) is 24.4 Å². The molecule has 1 unspecified atom stereocenters. The van der Waals surface area contributed by atoms with Crippen LogP contribution in [0.3, 0.4) is 0 Å². The Morgan fingerprint density at radius 2 is 2.17 bits per heavy atom. The molecule has 1 aromatic carbocycles. The Kier molecular flexibility index (Phi) is 4.27. The third-order valence-electron chi connectivity index (χ3n) is 2.79. The van der Waals surface area contributed by atoms with Gasteiger partial charge in [-0.3, -0.25) is 0 Å². The van der Waals surface area contributed by atoms with Crippen molar-refractivity contribution in [3.05, 3.63) is 52.0 Å². The fraction of sp³-hybridized carbons (Fsp3) is 0.308. The molecule has 0 spiro atoms. The van der Waals surface area contributed by atoms with E-state index in [0.29, 0.717) is 10.0 Å². The Hall–Kier alpha value is -1.03. The summed E-state index contributed by atoms with van der Waals surface area (Å²) in [4.78, 5) is 4.38. The summed E-state index contributed by atoms with van der Waals surface area (Å²) in [6.07, 6.45) is 3.69. The summed E-state index contributed by atoms with van der Waals surface area (Å²) in [7, 11) is 1.96. The van der Waals surface area contributed by atoms with E-state index in [2.05, 4.69) is 10.3 Å². The first-order valence-corrected chi connectivity index (χ1v) is 6.54. The zero-order valence-electron chi connectivity index (χ0n) is 10.3. The molecule has 3 nitrogen and oxygen atoms in total. The van der Waals surface area contributed by atoms with Gasteiger partial charge in [-0.2, -0.15) is 0 Å². The number of halogens is 2. The van der Waals surface area contributed by atoms with Crippen molar-refractivity contribution in [2.75, 3.05) is 6.54 Å². The van der Waals surface area contributed by atoms with Crippen LogP contribution in [0.2, 0.25) is 10.0 Å². The van der Waals surface area contributed by atoms with Crippen molar-refractivity contribution in [3.63, 3.8) is 0 Å². The number of hydrogen-bond acceptors (Lipinski definition) is 2. The van der Waals surface area contributed by atoms with Crippen LogP contribution in [-0.4, -0.2) is 16.1 Å². The number of nitrogens with zero attached hydrogens (tertiary/aromatic N) is 2. The van der Waals surface area contributed by atoms with Crippen molar-refractivity contribution in [1.82, 2.24) is 14.9 Å². The number of rotatable bonds is 4. The minimum Gasteiger partial charge on any atom is -0.336 e. The zero-order valence-corrected chi connectivity index (χ0v) is 11.8. The summed E-state index contributed by atoms with van der Waals surface area (Å²) in [5, 5.41) is 4.74. The Morgan fingerprint density at radius 1 is 1.39 bits per heavy atom. The number of aryl methyl sites for hydroxylation is 1. The zero-order chi connectivity index (χ0) is 13.1. The molecule has 2 rings (SSSR count). The van der Waals surface area contributed by atoms with Crippen molar-refractivity contribution >= 4 is 23.2 Å². The molecule has 0 fully saturated rings. The number of nitrogens with one attached hydrogen (secondary N) is 1. The SMILES string of the molecule is CCNC(c1cc(Cl)ccc1Cl)c1nccn1C. The van der Waals surface area contributed by atoms with Crippen LogP contribution in [0.5, 0.6) is 0 Å². The Labute approximate surface area is 117 Å². The lowest BCUT2D eigenvalue weighted by Gasteiger charge is -2.19. The number of benzene rings is 1. The molecule has 1 atom stereocenters. The maximum atomic E-state index is 6.26. The molecule has 0 radical (unpaired) electrons. The monoisotopic (exact) mass is 283 g/mol. The van der Waals surface area contributed by atoms with E-state index in [0.717, 1.165) is 17.9 Å². The van der Waals surface area contributed by atoms with Gasteiger partial charge in [0, 0.05) is 29.5 Å². The van der Waals surface area contributed by atoms with Gasteiger partial charge in [-0.25, -0.2) is 4.98 Å². The minimum atomic E-state index is -0.0544. The maximum Gasteiger partial charge on any atom is 0.130 e. The second-order valence-corrected chi connectivity index (χ2v) is 4.90.